The highest BCUT2D eigenvalue weighted by molar-refractivity contribution is 6.04. The normalized spacial score (nSPS) is 17.6. The number of anilines is 3. The molecule has 1 saturated heterocycles. The van der Waals surface area contributed by atoms with Crippen molar-refractivity contribution in [3.05, 3.63) is 48.3 Å². The molecule has 0 radical (unpaired) electrons. The van der Waals surface area contributed by atoms with Crippen molar-refractivity contribution in [1.82, 2.24) is 19.9 Å². The van der Waals surface area contributed by atoms with Crippen LogP contribution in [-0.2, 0) is 6.18 Å². The van der Waals surface area contributed by atoms with Gasteiger partial charge in [0, 0.05) is 24.8 Å². The maximum absolute atomic E-state index is 13.5. The van der Waals surface area contributed by atoms with Gasteiger partial charge in [0.2, 0.25) is 0 Å². The molecule has 2 aromatic heterocycles. The number of halogens is 3. The minimum atomic E-state index is -4.52. The first-order chi connectivity index (χ1) is 18.2. The topological polar surface area (TPSA) is 137 Å². The van der Waals surface area contributed by atoms with Crippen molar-refractivity contribution in [1.29, 1.82) is 0 Å². The molecule has 0 aliphatic carbocycles. The zero-order chi connectivity index (χ0) is 26.9. The van der Waals surface area contributed by atoms with Crippen LogP contribution in [0.5, 0.6) is 6.01 Å². The Hall–Kier alpha value is -4.04. The van der Waals surface area contributed by atoms with Crippen LogP contribution < -0.4 is 19.9 Å². The largest absolute Gasteiger partial charge is 0.461 e. The van der Waals surface area contributed by atoms with Crippen LogP contribution in [0, 0.1) is 0 Å². The van der Waals surface area contributed by atoms with Crippen LogP contribution in [0.3, 0.4) is 0 Å². The second-order valence-electron chi connectivity index (χ2n) is 8.90. The smallest absolute Gasteiger partial charge is 0.416 e. The molecule has 2 aliphatic rings. The van der Waals surface area contributed by atoms with Crippen molar-refractivity contribution < 1.29 is 32.9 Å². The maximum atomic E-state index is 13.5. The van der Waals surface area contributed by atoms with E-state index in [-0.39, 0.29) is 41.7 Å². The molecule has 2 atom stereocenters. The predicted molar refractivity (Wildman–Crippen MR) is 130 cm³/mol. The van der Waals surface area contributed by atoms with Crippen molar-refractivity contribution in [2.24, 2.45) is 0 Å². The lowest BCUT2D eigenvalue weighted by Crippen LogP contribution is -2.56. The van der Waals surface area contributed by atoms with E-state index in [0.717, 1.165) is 25.1 Å². The second-order valence-corrected chi connectivity index (χ2v) is 8.90. The van der Waals surface area contributed by atoms with E-state index >= 15 is 0 Å². The number of amides is 2. The first kappa shape index (κ1) is 25.6. The van der Waals surface area contributed by atoms with Crippen LogP contribution >= 0.6 is 0 Å². The summed E-state index contributed by atoms with van der Waals surface area (Å²) in [6, 6.07) is 5.32. The average Bonchev–Trinajstić information content (AvgIpc) is 2.91. The highest BCUT2D eigenvalue weighted by atomic mass is 19.4. The predicted octanol–water partition coefficient (Wildman–Crippen LogP) is 2.71. The molecule has 2 amide bonds. The number of carbonyl (C=O) groups is 1. The van der Waals surface area contributed by atoms with E-state index in [1.807, 2.05) is 0 Å². The van der Waals surface area contributed by atoms with Gasteiger partial charge in [0.25, 0.3) is 0 Å². The van der Waals surface area contributed by atoms with E-state index in [2.05, 4.69) is 30.2 Å². The third-order valence-electron chi connectivity index (χ3n) is 6.23. The van der Waals surface area contributed by atoms with Crippen molar-refractivity contribution in [3.8, 4) is 17.4 Å². The fourth-order valence-electron chi connectivity index (χ4n) is 4.43. The van der Waals surface area contributed by atoms with Gasteiger partial charge in [-0.25, -0.2) is 19.7 Å². The zero-order valence-electron chi connectivity index (χ0n) is 20.0. The minimum absolute atomic E-state index is 0.0639. The second kappa shape index (κ2) is 10.4. The Morgan fingerprint density at radius 1 is 1.24 bits per heavy atom. The molecule has 200 valence electrons. The van der Waals surface area contributed by atoms with Crippen LogP contribution in [0.15, 0.2) is 42.7 Å². The molecular formula is C24H24F3N7O4. The molecule has 5 rings (SSSR count). The maximum Gasteiger partial charge on any atom is 0.416 e. The molecule has 38 heavy (non-hydrogen) atoms. The number of ether oxygens (including phenoxy) is 1. The van der Waals surface area contributed by atoms with E-state index < -0.39 is 30.5 Å². The highest BCUT2D eigenvalue weighted by Crippen LogP contribution is 2.39. The van der Waals surface area contributed by atoms with Gasteiger partial charge in [-0.15, -0.1) is 0 Å². The van der Waals surface area contributed by atoms with E-state index in [9.17, 15) is 23.1 Å². The highest BCUT2D eigenvalue weighted by Gasteiger charge is 2.39. The van der Waals surface area contributed by atoms with Crippen LogP contribution in [0.25, 0.3) is 11.4 Å². The standard InChI is InChI=1S/C24H24F3N7O4/c25-24(26,27)15-4-1-3-14(9-15)20-29-10-18-21(32-20)34(16-5-2-8-33(18)11-16)23(37)31-19-6-7-28-22(30-19)38-13-17(36)12-35/h1,3-4,6-7,9-10,16-17,35-36H,2,5,8,11-13H2,(H,28,30,31,37). The number of nitrogens with zero attached hydrogens (tertiary/aromatic N) is 6. The summed E-state index contributed by atoms with van der Waals surface area (Å²) in [4.78, 5) is 33.9. The molecule has 2 aliphatic heterocycles. The lowest BCUT2D eigenvalue weighted by atomic mass is 10.0. The van der Waals surface area contributed by atoms with Crippen LogP contribution in [0.2, 0.25) is 0 Å². The first-order valence-electron chi connectivity index (χ1n) is 11.9. The van der Waals surface area contributed by atoms with Crippen LogP contribution in [-0.4, -0.2) is 74.6 Å². The number of alkyl halides is 3. The molecular weight excluding hydrogens is 507 g/mol. The molecule has 3 aromatic rings. The monoisotopic (exact) mass is 531 g/mol. The number of carbonyl (C=O) groups excluding carboxylic acids is 1. The van der Waals surface area contributed by atoms with Crippen LogP contribution in [0.1, 0.15) is 18.4 Å². The summed E-state index contributed by atoms with van der Waals surface area (Å²) in [6.07, 6.45) is -1.19. The van der Waals surface area contributed by atoms with Gasteiger partial charge in [-0.2, -0.15) is 18.2 Å². The van der Waals surface area contributed by atoms with E-state index in [1.54, 1.807) is 0 Å². The summed E-state index contributed by atoms with van der Waals surface area (Å²) in [5.41, 5.74) is -0.0345. The summed E-state index contributed by atoms with van der Waals surface area (Å²) >= 11 is 0. The van der Waals surface area contributed by atoms with Crippen molar-refractivity contribution in [2.75, 3.05) is 41.4 Å². The van der Waals surface area contributed by atoms with Gasteiger partial charge in [-0.1, -0.05) is 12.1 Å². The molecule has 4 heterocycles. The van der Waals surface area contributed by atoms with E-state index in [0.29, 0.717) is 18.7 Å². The summed E-state index contributed by atoms with van der Waals surface area (Å²) in [7, 11) is 0. The number of aliphatic hydroxyl groups excluding tert-OH is 2. The summed E-state index contributed by atoms with van der Waals surface area (Å²) in [5.74, 6) is 0.483. The van der Waals surface area contributed by atoms with Gasteiger partial charge < -0.3 is 19.8 Å². The lowest BCUT2D eigenvalue weighted by molar-refractivity contribution is -0.137. The number of urea groups is 1. The molecule has 1 aromatic carbocycles. The number of benzene rings is 1. The van der Waals surface area contributed by atoms with E-state index in [4.69, 9.17) is 9.84 Å². The number of piperidine rings is 1. The Morgan fingerprint density at radius 2 is 2.08 bits per heavy atom. The summed E-state index contributed by atoms with van der Waals surface area (Å²) in [6.45, 7) is 0.579. The molecule has 2 bridgehead atoms. The fraction of sp³-hybridized carbons (Fsp3) is 0.375. The number of aliphatic hydroxyl groups is 2. The molecule has 0 saturated carbocycles. The van der Waals surface area contributed by atoms with Crippen LogP contribution in [0.4, 0.5) is 35.3 Å². The van der Waals surface area contributed by atoms with Gasteiger partial charge in [0.1, 0.15) is 18.5 Å². The quantitative estimate of drug-likeness (QED) is 0.439. The number of nitrogens with one attached hydrogen (secondary N) is 1. The van der Waals surface area contributed by atoms with Gasteiger partial charge in [-0.3, -0.25) is 10.2 Å². The number of rotatable bonds is 6. The number of fused-ring (bicyclic) bond motifs is 4. The number of aromatic nitrogens is 4. The third-order valence-corrected chi connectivity index (χ3v) is 6.23. The van der Waals surface area contributed by atoms with Gasteiger partial charge >= 0.3 is 18.2 Å². The SMILES string of the molecule is O=C(Nc1ccnc(OCC(O)CO)n1)N1c2nc(-c3cccc(C(F)(F)F)c3)ncc2N2CCCC1C2. The summed E-state index contributed by atoms with van der Waals surface area (Å²) < 4.78 is 45.1. The fourth-order valence-corrected chi connectivity index (χ4v) is 4.43. The zero-order valence-corrected chi connectivity index (χ0v) is 20.0. The Morgan fingerprint density at radius 3 is 2.87 bits per heavy atom. The van der Waals surface area contributed by atoms with Gasteiger partial charge in [0.05, 0.1) is 30.1 Å². The summed E-state index contributed by atoms with van der Waals surface area (Å²) in [5, 5.41) is 21.1. The van der Waals surface area contributed by atoms with Gasteiger partial charge in [-0.05, 0) is 31.0 Å². The Kier molecular flexibility index (Phi) is 6.99. The molecule has 14 heteroatoms. The van der Waals surface area contributed by atoms with Gasteiger partial charge in [0.15, 0.2) is 11.6 Å². The molecule has 1 fully saturated rings. The molecule has 0 spiro atoms. The lowest BCUT2D eigenvalue weighted by Gasteiger charge is -2.45. The average molecular weight is 531 g/mol. The number of hydrogen-bond acceptors (Lipinski definition) is 9. The first-order valence-corrected chi connectivity index (χ1v) is 11.9. The number of hydrogen-bond donors (Lipinski definition) is 3. The molecule has 3 N–H and O–H groups in total. The Labute approximate surface area is 214 Å². The van der Waals surface area contributed by atoms with Crippen molar-refractivity contribution in [3.63, 3.8) is 0 Å². The molecule has 2 unspecified atom stereocenters. The van der Waals surface area contributed by atoms with Crippen molar-refractivity contribution in [2.45, 2.75) is 31.2 Å². The third kappa shape index (κ3) is 5.31. The molecule has 11 nitrogen and oxygen atoms in total. The minimum Gasteiger partial charge on any atom is -0.461 e. The van der Waals surface area contributed by atoms with E-state index in [1.165, 1.54) is 35.5 Å². The Bertz CT molecular complexity index is 1330. The van der Waals surface area contributed by atoms with Crippen molar-refractivity contribution >= 4 is 23.4 Å². The Balaban J connectivity index is 1.44.